The molecule has 0 spiro atoms. The zero-order valence-electron chi connectivity index (χ0n) is 8.66. The van der Waals surface area contributed by atoms with E-state index in [2.05, 4.69) is 25.1 Å². The minimum Gasteiger partial charge on any atom is -0.375 e. The van der Waals surface area contributed by atoms with E-state index in [4.69, 9.17) is 5.73 Å². The number of hydrogen-bond acceptors (Lipinski definition) is 6. The minimum atomic E-state index is 0.502. The van der Waals surface area contributed by atoms with Gasteiger partial charge in [-0.2, -0.15) is 5.10 Å². The van der Waals surface area contributed by atoms with Gasteiger partial charge in [0.05, 0.1) is 23.0 Å². The van der Waals surface area contributed by atoms with Gasteiger partial charge in [-0.05, 0) is 0 Å². The molecule has 3 N–H and O–H groups in total. The minimum absolute atomic E-state index is 0.502. The van der Waals surface area contributed by atoms with Gasteiger partial charge in [0.1, 0.15) is 5.69 Å². The van der Waals surface area contributed by atoms with Crippen molar-refractivity contribution in [3.05, 3.63) is 31.0 Å². The largest absolute Gasteiger partial charge is 0.375 e. The molecule has 6 nitrogen and oxygen atoms in total. The first-order valence-electron chi connectivity index (χ1n) is 4.86. The van der Waals surface area contributed by atoms with E-state index in [0.29, 0.717) is 5.13 Å². The van der Waals surface area contributed by atoms with Gasteiger partial charge in [0.25, 0.3) is 0 Å². The summed E-state index contributed by atoms with van der Waals surface area (Å²) in [5.41, 5.74) is 8.18. The number of hydrogen-bond donors (Lipinski definition) is 2. The smallest absolute Gasteiger partial charge is 0.181 e. The molecule has 0 aliphatic carbocycles. The van der Waals surface area contributed by atoms with Crippen LogP contribution >= 0.6 is 11.3 Å². The lowest BCUT2D eigenvalue weighted by atomic mass is 10.2. The van der Waals surface area contributed by atoms with E-state index in [0.717, 1.165) is 21.8 Å². The Labute approximate surface area is 101 Å². The Bertz CT molecular complexity index is 616. The van der Waals surface area contributed by atoms with Crippen molar-refractivity contribution >= 4 is 16.5 Å². The number of nitrogens with zero attached hydrogens (tertiary/aromatic N) is 4. The van der Waals surface area contributed by atoms with Crippen LogP contribution in [0.15, 0.2) is 31.0 Å². The first-order chi connectivity index (χ1) is 8.34. The molecule has 84 valence electrons. The third kappa shape index (κ3) is 1.76. The molecule has 7 heteroatoms. The van der Waals surface area contributed by atoms with Crippen molar-refractivity contribution < 1.29 is 0 Å². The highest BCUT2D eigenvalue weighted by molar-refractivity contribution is 7.19. The Morgan fingerprint density at radius 1 is 1.24 bits per heavy atom. The molecule has 0 saturated carbocycles. The number of rotatable bonds is 2. The molecule has 3 rings (SSSR count). The average Bonchev–Trinajstić information content (AvgIpc) is 2.98. The molecule has 0 aromatic carbocycles. The molecule has 0 bridgehead atoms. The Kier molecular flexibility index (Phi) is 2.30. The second-order valence-electron chi connectivity index (χ2n) is 3.31. The van der Waals surface area contributed by atoms with Crippen molar-refractivity contribution in [3.63, 3.8) is 0 Å². The molecular formula is C10H8N6S. The third-order valence-corrected chi connectivity index (χ3v) is 3.12. The van der Waals surface area contributed by atoms with Crippen LogP contribution in [0.2, 0.25) is 0 Å². The van der Waals surface area contributed by atoms with E-state index < -0.39 is 0 Å². The van der Waals surface area contributed by atoms with Gasteiger partial charge < -0.3 is 5.73 Å². The lowest BCUT2D eigenvalue weighted by molar-refractivity contribution is 1.09. The van der Waals surface area contributed by atoms with E-state index in [9.17, 15) is 0 Å². The second kappa shape index (κ2) is 3.95. The zero-order chi connectivity index (χ0) is 11.7. The maximum absolute atomic E-state index is 5.75. The lowest BCUT2D eigenvalue weighted by Crippen LogP contribution is -1.85. The van der Waals surface area contributed by atoms with Gasteiger partial charge in [0, 0.05) is 24.2 Å². The zero-order valence-corrected chi connectivity index (χ0v) is 9.48. The van der Waals surface area contributed by atoms with Gasteiger partial charge >= 0.3 is 0 Å². The fourth-order valence-corrected chi connectivity index (χ4v) is 2.32. The Balaban J connectivity index is 2.18. The molecule has 0 saturated heterocycles. The normalized spacial score (nSPS) is 10.6. The SMILES string of the molecule is Nc1nc(-c2cn[nH]c2)c(-c2cnccn2)s1. The van der Waals surface area contributed by atoms with E-state index in [1.165, 1.54) is 11.3 Å². The quantitative estimate of drug-likeness (QED) is 0.713. The number of nitrogens with one attached hydrogen (secondary N) is 1. The van der Waals surface area contributed by atoms with Crippen molar-refractivity contribution in [1.29, 1.82) is 0 Å². The maximum atomic E-state index is 5.75. The highest BCUT2D eigenvalue weighted by Crippen LogP contribution is 2.35. The topological polar surface area (TPSA) is 93.4 Å². The highest BCUT2D eigenvalue weighted by atomic mass is 32.1. The van der Waals surface area contributed by atoms with Crippen LogP contribution in [0.5, 0.6) is 0 Å². The molecule has 3 aromatic heterocycles. The van der Waals surface area contributed by atoms with Crippen molar-refractivity contribution in [2.45, 2.75) is 0 Å². The van der Waals surface area contributed by atoms with Crippen LogP contribution in [0, 0.1) is 0 Å². The number of aromatic nitrogens is 5. The molecule has 17 heavy (non-hydrogen) atoms. The van der Waals surface area contributed by atoms with Gasteiger partial charge in [-0.3, -0.25) is 15.1 Å². The maximum Gasteiger partial charge on any atom is 0.181 e. The summed E-state index contributed by atoms with van der Waals surface area (Å²) >= 11 is 1.39. The Hall–Kier alpha value is -2.28. The number of thiazole rings is 1. The van der Waals surface area contributed by atoms with Crippen LogP contribution in [0.25, 0.3) is 21.8 Å². The third-order valence-electron chi connectivity index (χ3n) is 2.21. The van der Waals surface area contributed by atoms with Crippen LogP contribution in [0.3, 0.4) is 0 Å². The summed E-state index contributed by atoms with van der Waals surface area (Å²) in [6, 6.07) is 0. The summed E-state index contributed by atoms with van der Waals surface area (Å²) in [5.74, 6) is 0. The molecule has 0 aliphatic heterocycles. The lowest BCUT2D eigenvalue weighted by Gasteiger charge is -1.97. The predicted octanol–water partition coefficient (Wildman–Crippen LogP) is 1.57. The molecule has 0 unspecified atom stereocenters. The predicted molar refractivity (Wildman–Crippen MR) is 65.1 cm³/mol. The van der Waals surface area contributed by atoms with Crippen LogP contribution in [-0.4, -0.2) is 25.1 Å². The molecule has 0 fully saturated rings. The summed E-state index contributed by atoms with van der Waals surface area (Å²) in [6.45, 7) is 0. The molecular weight excluding hydrogens is 236 g/mol. The van der Waals surface area contributed by atoms with Crippen LogP contribution in [-0.2, 0) is 0 Å². The monoisotopic (exact) mass is 244 g/mol. The van der Waals surface area contributed by atoms with Crippen LogP contribution in [0.1, 0.15) is 0 Å². The summed E-state index contributed by atoms with van der Waals surface area (Å²) in [6.07, 6.45) is 8.44. The van der Waals surface area contributed by atoms with E-state index >= 15 is 0 Å². The summed E-state index contributed by atoms with van der Waals surface area (Å²) in [7, 11) is 0. The van der Waals surface area contributed by atoms with Crippen molar-refractivity contribution in [1.82, 2.24) is 25.1 Å². The van der Waals surface area contributed by atoms with E-state index in [-0.39, 0.29) is 0 Å². The first-order valence-corrected chi connectivity index (χ1v) is 5.68. The number of nitrogen functional groups attached to an aromatic ring is 1. The van der Waals surface area contributed by atoms with Crippen LogP contribution < -0.4 is 5.73 Å². The van der Waals surface area contributed by atoms with Gasteiger partial charge in [-0.1, -0.05) is 11.3 Å². The van der Waals surface area contributed by atoms with E-state index in [1.54, 1.807) is 31.0 Å². The molecule has 0 amide bonds. The molecule has 3 heterocycles. The van der Waals surface area contributed by atoms with E-state index in [1.807, 2.05) is 0 Å². The summed E-state index contributed by atoms with van der Waals surface area (Å²) in [5, 5.41) is 7.16. The number of H-pyrrole nitrogens is 1. The van der Waals surface area contributed by atoms with Gasteiger partial charge in [0.15, 0.2) is 5.13 Å². The number of anilines is 1. The van der Waals surface area contributed by atoms with Crippen LogP contribution in [0.4, 0.5) is 5.13 Å². The van der Waals surface area contributed by atoms with Gasteiger partial charge in [0.2, 0.25) is 0 Å². The Morgan fingerprint density at radius 3 is 2.88 bits per heavy atom. The average molecular weight is 244 g/mol. The Morgan fingerprint density at radius 2 is 2.18 bits per heavy atom. The second-order valence-corrected chi connectivity index (χ2v) is 4.34. The molecule has 3 aromatic rings. The van der Waals surface area contributed by atoms with Crippen molar-refractivity contribution in [2.75, 3.05) is 5.73 Å². The number of aromatic amines is 1. The molecule has 0 aliphatic rings. The van der Waals surface area contributed by atoms with Gasteiger partial charge in [-0.15, -0.1) is 0 Å². The first kappa shape index (κ1) is 9.91. The van der Waals surface area contributed by atoms with Crippen molar-refractivity contribution in [2.24, 2.45) is 0 Å². The highest BCUT2D eigenvalue weighted by Gasteiger charge is 2.15. The number of nitrogens with two attached hydrogens (primary N) is 1. The van der Waals surface area contributed by atoms with Gasteiger partial charge in [-0.25, -0.2) is 4.98 Å². The standard InChI is InChI=1S/C10H8N6S/c11-10-16-8(6-3-14-15-4-6)9(17-10)7-5-12-1-2-13-7/h1-5H,(H2,11,16)(H,14,15). The summed E-state index contributed by atoms with van der Waals surface area (Å²) in [4.78, 5) is 13.5. The van der Waals surface area contributed by atoms with Crippen molar-refractivity contribution in [3.8, 4) is 21.8 Å². The molecule has 0 radical (unpaired) electrons. The fraction of sp³-hybridized carbons (Fsp3) is 0. The fourth-order valence-electron chi connectivity index (χ4n) is 1.50. The molecule has 0 atom stereocenters. The summed E-state index contributed by atoms with van der Waals surface area (Å²) < 4.78 is 0.